The molecule has 0 radical (unpaired) electrons. The molecule has 0 aromatic heterocycles. The van der Waals surface area contributed by atoms with E-state index in [1.165, 1.54) is 18.4 Å². The van der Waals surface area contributed by atoms with Gasteiger partial charge in [0.2, 0.25) is 0 Å². The number of unbranched alkanes of at least 4 members (excludes halogenated alkanes) is 3. The fraction of sp³-hybridized carbons (Fsp3) is 0.571. The van der Waals surface area contributed by atoms with E-state index < -0.39 is 6.29 Å². The fourth-order valence-corrected chi connectivity index (χ4v) is 1.82. The number of hydrogen-bond acceptors (Lipinski definition) is 2. The summed E-state index contributed by atoms with van der Waals surface area (Å²) in [4.78, 5) is 0. The number of hydrogen-bond donors (Lipinski definition) is 1. The molecular weight excluding hydrogens is 236 g/mol. The predicted octanol–water partition coefficient (Wildman–Crippen LogP) is 3.80. The minimum absolute atomic E-state index is 0.635. The van der Waals surface area contributed by atoms with E-state index >= 15 is 0 Å². The third-order valence-corrected chi connectivity index (χ3v) is 2.88. The Bertz CT molecular complexity index is 296. The summed E-state index contributed by atoms with van der Waals surface area (Å²) in [6.07, 6.45) is 5.03. The van der Waals surface area contributed by atoms with Crippen LogP contribution in [0.1, 0.15) is 38.2 Å². The molecule has 0 spiro atoms. The van der Waals surface area contributed by atoms with Gasteiger partial charge in [-0.3, -0.25) is 0 Å². The lowest BCUT2D eigenvalue weighted by atomic mass is 10.1. The highest BCUT2D eigenvalue weighted by Gasteiger charge is 1.96. The lowest BCUT2D eigenvalue weighted by Gasteiger charge is -2.06. The molecule has 1 aromatic rings. The van der Waals surface area contributed by atoms with Crippen molar-refractivity contribution in [3.05, 3.63) is 34.9 Å². The Hall–Kier alpha value is -0.570. The van der Waals surface area contributed by atoms with Gasteiger partial charge in [-0.25, -0.2) is 0 Å². The van der Waals surface area contributed by atoms with Crippen LogP contribution in [0.5, 0.6) is 0 Å². The van der Waals surface area contributed by atoms with Crippen LogP contribution in [-0.4, -0.2) is 18.0 Å². The highest BCUT2D eigenvalue weighted by atomic mass is 35.5. The summed E-state index contributed by atoms with van der Waals surface area (Å²) >= 11 is 5.82. The topological polar surface area (TPSA) is 29.5 Å². The number of aryl methyl sites for hydroxylation is 1. The van der Waals surface area contributed by atoms with E-state index in [0.29, 0.717) is 6.61 Å². The van der Waals surface area contributed by atoms with Crippen molar-refractivity contribution in [2.75, 3.05) is 6.61 Å². The van der Waals surface area contributed by atoms with Gasteiger partial charge in [0.05, 0.1) is 0 Å². The highest BCUT2D eigenvalue weighted by molar-refractivity contribution is 6.30. The first-order valence-corrected chi connectivity index (χ1v) is 6.60. The van der Waals surface area contributed by atoms with Gasteiger partial charge in [-0.05, 0) is 43.9 Å². The summed E-state index contributed by atoms with van der Waals surface area (Å²) in [5.74, 6) is 0. The van der Waals surface area contributed by atoms with Crippen molar-refractivity contribution < 1.29 is 9.84 Å². The predicted molar refractivity (Wildman–Crippen MR) is 71.3 cm³/mol. The van der Waals surface area contributed by atoms with Crippen LogP contribution < -0.4 is 0 Å². The van der Waals surface area contributed by atoms with Gasteiger partial charge in [0, 0.05) is 11.6 Å². The molecule has 0 aliphatic rings. The molecule has 1 aromatic carbocycles. The monoisotopic (exact) mass is 256 g/mol. The van der Waals surface area contributed by atoms with Crippen molar-refractivity contribution in [3.63, 3.8) is 0 Å². The molecule has 0 aliphatic heterocycles. The lowest BCUT2D eigenvalue weighted by molar-refractivity contribution is -0.0859. The minimum Gasteiger partial charge on any atom is -0.368 e. The van der Waals surface area contributed by atoms with Gasteiger partial charge in [0.1, 0.15) is 0 Å². The summed E-state index contributed by atoms with van der Waals surface area (Å²) in [5, 5.41) is 9.69. The Labute approximate surface area is 109 Å². The van der Waals surface area contributed by atoms with Crippen molar-refractivity contribution in [2.45, 2.75) is 45.3 Å². The summed E-state index contributed by atoms with van der Waals surface area (Å²) in [6.45, 7) is 2.29. The van der Waals surface area contributed by atoms with E-state index in [0.717, 1.165) is 24.3 Å². The summed E-state index contributed by atoms with van der Waals surface area (Å²) in [5.41, 5.74) is 1.34. The van der Waals surface area contributed by atoms with Crippen LogP contribution in [0.3, 0.4) is 0 Å². The maximum absolute atomic E-state index is 8.89. The quantitative estimate of drug-likeness (QED) is 0.566. The van der Waals surface area contributed by atoms with Gasteiger partial charge in [-0.2, -0.15) is 0 Å². The van der Waals surface area contributed by atoms with Crippen LogP contribution in [0.2, 0.25) is 5.02 Å². The van der Waals surface area contributed by atoms with Gasteiger partial charge in [-0.15, -0.1) is 0 Å². The van der Waals surface area contributed by atoms with Crippen LogP contribution in [0.25, 0.3) is 0 Å². The first kappa shape index (κ1) is 14.5. The molecule has 0 aliphatic carbocycles. The molecule has 1 atom stereocenters. The Morgan fingerprint density at radius 1 is 1.12 bits per heavy atom. The van der Waals surface area contributed by atoms with E-state index in [1.54, 1.807) is 6.92 Å². The number of rotatable bonds is 8. The van der Waals surface area contributed by atoms with Crippen molar-refractivity contribution >= 4 is 11.6 Å². The zero-order valence-electron chi connectivity index (χ0n) is 10.4. The molecule has 17 heavy (non-hydrogen) atoms. The van der Waals surface area contributed by atoms with E-state index in [9.17, 15) is 0 Å². The maximum Gasteiger partial charge on any atom is 0.151 e. The molecule has 2 nitrogen and oxygen atoms in total. The largest absolute Gasteiger partial charge is 0.368 e. The van der Waals surface area contributed by atoms with Crippen molar-refractivity contribution in [1.29, 1.82) is 0 Å². The highest BCUT2D eigenvalue weighted by Crippen LogP contribution is 2.12. The van der Waals surface area contributed by atoms with Crippen molar-refractivity contribution in [1.82, 2.24) is 0 Å². The van der Waals surface area contributed by atoms with Gasteiger partial charge in [0.25, 0.3) is 0 Å². The molecule has 0 bridgehead atoms. The zero-order chi connectivity index (χ0) is 12.5. The van der Waals surface area contributed by atoms with Gasteiger partial charge in [0.15, 0.2) is 6.29 Å². The molecule has 1 N–H and O–H groups in total. The molecule has 96 valence electrons. The number of aliphatic hydroxyl groups excluding tert-OH is 1. The van der Waals surface area contributed by atoms with Crippen molar-refractivity contribution in [3.8, 4) is 0 Å². The first-order valence-electron chi connectivity index (χ1n) is 6.22. The van der Waals surface area contributed by atoms with Crippen LogP contribution >= 0.6 is 11.6 Å². The van der Waals surface area contributed by atoms with E-state index in [2.05, 4.69) is 12.1 Å². The minimum atomic E-state index is -0.635. The third-order valence-electron chi connectivity index (χ3n) is 2.63. The van der Waals surface area contributed by atoms with Crippen molar-refractivity contribution in [2.24, 2.45) is 0 Å². The van der Waals surface area contributed by atoms with Gasteiger partial charge in [-0.1, -0.05) is 36.6 Å². The Morgan fingerprint density at radius 3 is 2.41 bits per heavy atom. The van der Waals surface area contributed by atoms with Gasteiger partial charge >= 0.3 is 0 Å². The summed E-state index contributed by atoms with van der Waals surface area (Å²) in [6, 6.07) is 8.04. The standard InChI is InChI=1S/C14H21ClO2/c1-12(16)17-11-5-3-2-4-6-13-7-9-14(15)10-8-13/h7-10,12,16H,2-6,11H2,1H3. The molecule has 0 saturated heterocycles. The molecule has 0 heterocycles. The van der Waals surface area contributed by atoms with Crippen LogP contribution in [-0.2, 0) is 11.2 Å². The number of aliphatic hydroxyl groups is 1. The molecule has 0 saturated carbocycles. The Morgan fingerprint density at radius 2 is 1.76 bits per heavy atom. The zero-order valence-corrected chi connectivity index (χ0v) is 11.1. The second-order valence-corrected chi connectivity index (χ2v) is 4.70. The molecule has 0 amide bonds. The molecule has 3 heteroatoms. The van der Waals surface area contributed by atoms with Crippen LogP contribution in [0.15, 0.2) is 24.3 Å². The smallest absolute Gasteiger partial charge is 0.151 e. The van der Waals surface area contributed by atoms with Crippen LogP contribution in [0, 0.1) is 0 Å². The van der Waals surface area contributed by atoms with E-state index in [1.807, 2.05) is 12.1 Å². The number of halogens is 1. The Balaban J connectivity index is 1.99. The average Bonchev–Trinajstić information content (AvgIpc) is 2.30. The van der Waals surface area contributed by atoms with Crippen LogP contribution in [0.4, 0.5) is 0 Å². The number of ether oxygens (including phenoxy) is 1. The molecular formula is C14H21ClO2. The lowest BCUT2D eigenvalue weighted by Crippen LogP contribution is -2.07. The van der Waals surface area contributed by atoms with E-state index in [4.69, 9.17) is 21.4 Å². The first-order chi connectivity index (χ1) is 8.18. The second kappa shape index (κ2) is 8.51. The van der Waals surface area contributed by atoms with Gasteiger partial charge < -0.3 is 9.84 Å². The normalized spacial score (nSPS) is 12.6. The number of benzene rings is 1. The van der Waals surface area contributed by atoms with E-state index in [-0.39, 0.29) is 0 Å². The fourth-order valence-electron chi connectivity index (χ4n) is 1.69. The average molecular weight is 257 g/mol. The molecule has 1 rings (SSSR count). The second-order valence-electron chi connectivity index (χ2n) is 4.26. The maximum atomic E-state index is 8.89. The Kier molecular flexibility index (Phi) is 7.25. The SMILES string of the molecule is CC(O)OCCCCCCc1ccc(Cl)cc1. The summed E-state index contributed by atoms with van der Waals surface area (Å²) < 4.78 is 5.06. The molecule has 0 fully saturated rings. The summed E-state index contributed by atoms with van der Waals surface area (Å²) in [7, 11) is 0. The molecule has 1 unspecified atom stereocenters. The third kappa shape index (κ3) is 7.37.